The first kappa shape index (κ1) is 17.0. The topological polar surface area (TPSA) is 90.4 Å². The summed E-state index contributed by atoms with van der Waals surface area (Å²) in [4.78, 5) is 12.2. The fourth-order valence-electron chi connectivity index (χ4n) is 1.83. The molecule has 0 bridgehead atoms. The fraction of sp³-hybridized carbons (Fsp3) is 0.0714. The summed E-state index contributed by atoms with van der Waals surface area (Å²) >= 11 is 3.01. The Kier molecular flexibility index (Phi) is 4.49. The van der Waals surface area contributed by atoms with E-state index in [1.54, 1.807) is 12.1 Å². The van der Waals surface area contributed by atoms with Crippen molar-refractivity contribution in [2.45, 2.75) is 6.36 Å². The van der Waals surface area contributed by atoms with Gasteiger partial charge in [-0.15, -0.1) is 18.3 Å². The van der Waals surface area contributed by atoms with Crippen molar-refractivity contribution in [3.63, 3.8) is 0 Å². The van der Waals surface area contributed by atoms with E-state index in [2.05, 4.69) is 36.2 Å². The molecule has 0 unspecified atom stereocenters. The Morgan fingerprint density at radius 3 is 2.72 bits per heavy atom. The first-order valence-corrected chi connectivity index (χ1v) is 7.34. The lowest BCUT2D eigenvalue weighted by Gasteiger charge is -2.10. The third kappa shape index (κ3) is 4.38. The molecule has 1 N–H and O–H groups in total. The number of halogens is 4. The molecule has 0 aliphatic carbocycles. The van der Waals surface area contributed by atoms with Gasteiger partial charge in [-0.05, 0) is 30.3 Å². The number of benzene rings is 1. The standard InChI is InChI=1S/C14H7BrF3N3O4/c15-8-4-7(5-9(6-8)25-14(16,17)18)11(22)19-13-21-20-12(24-13)10-2-1-3-23-10/h1-6H,(H,19,21,22). The van der Waals surface area contributed by atoms with E-state index in [0.717, 1.165) is 12.1 Å². The number of ether oxygens (including phenoxy) is 1. The highest BCUT2D eigenvalue weighted by molar-refractivity contribution is 9.10. The van der Waals surface area contributed by atoms with Crippen LogP contribution < -0.4 is 10.1 Å². The molecule has 25 heavy (non-hydrogen) atoms. The zero-order valence-electron chi connectivity index (χ0n) is 12.0. The minimum absolute atomic E-state index is 0.0376. The largest absolute Gasteiger partial charge is 0.573 e. The average Bonchev–Trinajstić information content (AvgIpc) is 3.15. The number of carbonyl (C=O) groups excluding carboxylic acids is 1. The second kappa shape index (κ2) is 6.59. The van der Waals surface area contributed by atoms with Gasteiger partial charge in [0.25, 0.3) is 11.8 Å². The van der Waals surface area contributed by atoms with E-state index in [1.165, 1.54) is 12.3 Å². The van der Waals surface area contributed by atoms with E-state index in [-0.39, 0.29) is 21.9 Å². The van der Waals surface area contributed by atoms with Gasteiger partial charge in [0.2, 0.25) is 0 Å². The van der Waals surface area contributed by atoms with Gasteiger partial charge in [0.05, 0.1) is 6.26 Å². The highest BCUT2D eigenvalue weighted by atomic mass is 79.9. The zero-order chi connectivity index (χ0) is 18.0. The highest BCUT2D eigenvalue weighted by Gasteiger charge is 2.31. The Balaban J connectivity index is 1.77. The summed E-state index contributed by atoms with van der Waals surface area (Å²) in [5.41, 5.74) is -0.105. The lowest BCUT2D eigenvalue weighted by atomic mass is 10.2. The van der Waals surface area contributed by atoms with Gasteiger partial charge in [-0.1, -0.05) is 21.0 Å². The SMILES string of the molecule is O=C(Nc1nnc(-c2ccco2)o1)c1cc(Br)cc(OC(F)(F)F)c1. The smallest absolute Gasteiger partial charge is 0.459 e. The average molecular weight is 418 g/mol. The third-order valence-corrected chi connectivity index (χ3v) is 3.20. The van der Waals surface area contributed by atoms with Gasteiger partial charge in [-0.2, -0.15) is 0 Å². The summed E-state index contributed by atoms with van der Waals surface area (Å²) < 4.78 is 51.2. The van der Waals surface area contributed by atoms with Crippen molar-refractivity contribution in [1.29, 1.82) is 0 Å². The molecule has 2 heterocycles. The molecule has 3 aromatic rings. The molecule has 2 aromatic heterocycles. The number of furan rings is 1. The lowest BCUT2D eigenvalue weighted by Crippen LogP contribution is -2.18. The predicted octanol–water partition coefficient (Wildman–Crippen LogP) is 4.24. The number of nitrogens with zero attached hydrogens (tertiary/aromatic N) is 2. The van der Waals surface area contributed by atoms with E-state index < -0.39 is 18.0 Å². The summed E-state index contributed by atoms with van der Waals surface area (Å²) in [7, 11) is 0. The molecule has 0 saturated carbocycles. The molecule has 3 rings (SSSR count). The number of aromatic nitrogens is 2. The van der Waals surface area contributed by atoms with Crippen LogP contribution in [0.25, 0.3) is 11.7 Å². The minimum atomic E-state index is -4.88. The normalized spacial score (nSPS) is 11.4. The Morgan fingerprint density at radius 2 is 2.04 bits per heavy atom. The van der Waals surface area contributed by atoms with Crippen LogP contribution in [0.3, 0.4) is 0 Å². The van der Waals surface area contributed by atoms with E-state index >= 15 is 0 Å². The monoisotopic (exact) mass is 417 g/mol. The molecule has 0 spiro atoms. The molecule has 0 aliphatic rings. The summed E-state index contributed by atoms with van der Waals surface area (Å²) in [6.07, 6.45) is -3.47. The summed E-state index contributed by atoms with van der Waals surface area (Å²) in [5.74, 6) is -0.969. The van der Waals surface area contributed by atoms with E-state index in [9.17, 15) is 18.0 Å². The van der Waals surface area contributed by atoms with Gasteiger partial charge in [-0.3, -0.25) is 10.1 Å². The van der Waals surface area contributed by atoms with Crippen molar-refractivity contribution >= 4 is 27.9 Å². The Hall–Kier alpha value is -2.82. The fourth-order valence-corrected chi connectivity index (χ4v) is 2.30. The Morgan fingerprint density at radius 1 is 1.24 bits per heavy atom. The number of rotatable bonds is 4. The first-order valence-electron chi connectivity index (χ1n) is 6.55. The quantitative estimate of drug-likeness (QED) is 0.682. The Labute approximate surface area is 145 Å². The molecule has 0 aliphatic heterocycles. The van der Waals surface area contributed by atoms with Crippen LogP contribution in [0.1, 0.15) is 10.4 Å². The van der Waals surface area contributed by atoms with Gasteiger partial charge in [0, 0.05) is 10.0 Å². The summed E-state index contributed by atoms with van der Waals surface area (Å²) in [6, 6.07) is 6.26. The number of alkyl halides is 3. The zero-order valence-corrected chi connectivity index (χ0v) is 13.6. The van der Waals surface area contributed by atoms with Gasteiger partial charge in [0.1, 0.15) is 5.75 Å². The number of hydrogen-bond donors (Lipinski definition) is 1. The molecule has 11 heteroatoms. The van der Waals surface area contributed by atoms with Crippen LogP contribution >= 0.6 is 15.9 Å². The van der Waals surface area contributed by atoms with Crippen LogP contribution in [0.4, 0.5) is 19.2 Å². The van der Waals surface area contributed by atoms with Crippen LogP contribution in [0.2, 0.25) is 0 Å². The van der Waals surface area contributed by atoms with Crippen molar-refractivity contribution < 1.29 is 31.5 Å². The van der Waals surface area contributed by atoms with Gasteiger partial charge in [-0.25, -0.2) is 0 Å². The van der Waals surface area contributed by atoms with Crippen molar-refractivity contribution in [3.05, 3.63) is 46.6 Å². The number of hydrogen-bond acceptors (Lipinski definition) is 6. The predicted molar refractivity (Wildman–Crippen MR) is 80.8 cm³/mol. The summed E-state index contributed by atoms with van der Waals surface area (Å²) in [6.45, 7) is 0. The van der Waals surface area contributed by atoms with E-state index in [0.29, 0.717) is 5.76 Å². The van der Waals surface area contributed by atoms with Crippen LogP contribution in [-0.4, -0.2) is 22.5 Å². The van der Waals surface area contributed by atoms with Crippen LogP contribution in [0.5, 0.6) is 5.75 Å². The maximum absolute atomic E-state index is 12.3. The molecule has 1 aromatic carbocycles. The molecule has 0 radical (unpaired) electrons. The van der Waals surface area contributed by atoms with Crippen molar-refractivity contribution in [2.75, 3.05) is 5.32 Å². The first-order chi connectivity index (χ1) is 11.8. The molecule has 0 fully saturated rings. The van der Waals surface area contributed by atoms with E-state index in [4.69, 9.17) is 8.83 Å². The second-order valence-electron chi connectivity index (χ2n) is 4.57. The van der Waals surface area contributed by atoms with Gasteiger partial charge >= 0.3 is 12.4 Å². The number of anilines is 1. The number of nitrogens with one attached hydrogen (secondary N) is 1. The van der Waals surface area contributed by atoms with Crippen molar-refractivity contribution in [1.82, 2.24) is 10.2 Å². The molecule has 7 nitrogen and oxygen atoms in total. The minimum Gasteiger partial charge on any atom is -0.459 e. The van der Waals surface area contributed by atoms with Crippen LogP contribution in [0, 0.1) is 0 Å². The molecular weight excluding hydrogens is 411 g/mol. The van der Waals surface area contributed by atoms with E-state index in [1.807, 2.05) is 0 Å². The molecule has 0 atom stereocenters. The number of amides is 1. The van der Waals surface area contributed by atoms with Gasteiger partial charge in [0.15, 0.2) is 5.76 Å². The van der Waals surface area contributed by atoms with Gasteiger partial charge < -0.3 is 13.6 Å². The van der Waals surface area contributed by atoms with Crippen LogP contribution in [-0.2, 0) is 0 Å². The molecule has 0 saturated heterocycles. The molecule has 1 amide bonds. The van der Waals surface area contributed by atoms with Crippen molar-refractivity contribution in [3.8, 4) is 17.4 Å². The third-order valence-electron chi connectivity index (χ3n) is 2.74. The molecular formula is C14H7BrF3N3O4. The maximum Gasteiger partial charge on any atom is 0.573 e. The summed E-state index contributed by atoms with van der Waals surface area (Å²) in [5, 5.41) is 9.57. The molecule has 130 valence electrons. The lowest BCUT2D eigenvalue weighted by molar-refractivity contribution is -0.274. The van der Waals surface area contributed by atoms with Crippen molar-refractivity contribution in [2.24, 2.45) is 0 Å². The maximum atomic E-state index is 12.3. The van der Waals surface area contributed by atoms with Crippen LogP contribution in [0.15, 0.2) is 49.9 Å². The number of carbonyl (C=O) groups is 1. The second-order valence-corrected chi connectivity index (χ2v) is 5.48. The highest BCUT2D eigenvalue weighted by Crippen LogP contribution is 2.28. The Bertz CT molecular complexity index is 893.